The zero-order valence-corrected chi connectivity index (χ0v) is 17.0. The minimum absolute atomic E-state index is 0.140. The van der Waals surface area contributed by atoms with E-state index in [1.807, 2.05) is 0 Å². The van der Waals surface area contributed by atoms with E-state index in [1.165, 1.54) is 4.90 Å². The highest BCUT2D eigenvalue weighted by Gasteiger charge is 2.39. The third-order valence-electron chi connectivity index (χ3n) is 4.80. The average Bonchev–Trinajstić information content (AvgIpc) is 2.86. The minimum Gasteiger partial charge on any atom is -0.274 e. The predicted molar refractivity (Wildman–Crippen MR) is 102 cm³/mol. The molecule has 168 valence electrons. The maximum Gasteiger partial charge on any atom is 0.442 e. The van der Waals surface area contributed by atoms with Crippen molar-refractivity contribution in [2.45, 2.75) is 68.3 Å². The first-order valence-electron chi connectivity index (χ1n) is 9.74. The van der Waals surface area contributed by atoms with Crippen LogP contribution in [0.5, 0.6) is 0 Å². The lowest BCUT2D eigenvalue weighted by molar-refractivity contribution is -0.134. The second-order valence-corrected chi connectivity index (χ2v) is 8.59. The molecule has 1 aromatic rings. The molecule has 3 nitrogen and oxygen atoms in total. The lowest BCUT2D eigenvalue weighted by atomic mass is 10.1. The first-order chi connectivity index (χ1) is 14.0. The number of alkyl halides is 6. The van der Waals surface area contributed by atoms with Gasteiger partial charge in [-0.25, -0.2) is 0 Å². The van der Waals surface area contributed by atoms with Crippen LogP contribution in [0.2, 0.25) is 0 Å². The molecule has 0 spiro atoms. The van der Waals surface area contributed by atoms with Gasteiger partial charge in [0.25, 0.3) is 11.8 Å². The molecule has 0 bridgehead atoms. The molecule has 0 N–H and O–H groups in total. The molecular weight excluding hydrogens is 432 g/mol. The van der Waals surface area contributed by atoms with Crippen molar-refractivity contribution in [1.82, 2.24) is 4.90 Å². The minimum atomic E-state index is -4.68. The van der Waals surface area contributed by atoms with Crippen LogP contribution >= 0.6 is 11.8 Å². The molecule has 0 aliphatic carbocycles. The van der Waals surface area contributed by atoms with E-state index in [9.17, 15) is 35.9 Å². The maximum absolute atomic E-state index is 12.4. The van der Waals surface area contributed by atoms with Gasteiger partial charge in [0, 0.05) is 11.8 Å². The van der Waals surface area contributed by atoms with Crippen LogP contribution in [0.25, 0.3) is 0 Å². The number of nitrogens with zero attached hydrogens (tertiary/aromatic N) is 1. The molecule has 0 fully saturated rings. The van der Waals surface area contributed by atoms with Crippen LogP contribution in [0.4, 0.5) is 26.3 Å². The Labute approximate surface area is 175 Å². The number of rotatable bonds is 11. The smallest absolute Gasteiger partial charge is 0.274 e. The van der Waals surface area contributed by atoms with E-state index in [1.54, 1.807) is 24.3 Å². The summed E-state index contributed by atoms with van der Waals surface area (Å²) in [5.74, 6) is -0.623. The Balaban J connectivity index is 1.62. The van der Waals surface area contributed by atoms with Crippen molar-refractivity contribution in [1.29, 1.82) is 0 Å². The van der Waals surface area contributed by atoms with Gasteiger partial charge in [-0.2, -0.15) is 26.3 Å². The second-order valence-electron chi connectivity index (χ2n) is 7.22. The van der Waals surface area contributed by atoms with Gasteiger partial charge in [-0.3, -0.25) is 14.5 Å². The normalized spacial score (nSPS) is 15.6. The van der Waals surface area contributed by atoms with Crippen LogP contribution in [0.3, 0.4) is 0 Å². The van der Waals surface area contributed by atoms with Crippen molar-refractivity contribution in [3.63, 3.8) is 0 Å². The van der Waals surface area contributed by atoms with Gasteiger partial charge in [-0.05, 0) is 36.7 Å². The molecule has 1 aromatic carbocycles. The van der Waals surface area contributed by atoms with E-state index in [0.29, 0.717) is 43.4 Å². The topological polar surface area (TPSA) is 37.4 Å². The highest BCUT2D eigenvalue weighted by atomic mass is 32.2. The van der Waals surface area contributed by atoms with Gasteiger partial charge in [0.05, 0.1) is 17.5 Å². The molecule has 0 unspecified atom stereocenters. The molecule has 1 atom stereocenters. The van der Waals surface area contributed by atoms with E-state index in [2.05, 4.69) is 0 Å². The van der Waals surface area contributed by atoms with Crippen LogP contribution in [0.15, 0.2) is 24.3 Å². The molecule has 0 saturated carbocycles. The fourth-order valence-corrected chi connectivity index (χ4v) is 4.38. The average molecular weight is 455 g/mol. The van der Waals surface area contributed by atoms with Crippen LogP contribution < -0.4 is 0 Å². The molecular formula is C20H23F6NO2S. The summed E-state index contributed by atoms with van der Waals surface area (Å²) in [5, 5.41) is -1.51. The van der Waals surface area contributed by atoms with Gasteiger partial charge in [0.2, 0.25) is 0 Å². The summed E-state index contributed by atoms with van der Waals surface area (Å²) in [6.45, 7) is 0.294. The highest BCUT2D eigenvalue weighted by Crippen LogP contribution is 2.40. The molecule has 0 saturated heterocycles. The molecule has 1 aliphatic rings. The Morgan fingerprint density at radius 1 is 0.800 bits per heavy atom. The molecule has 0 aromatic heterocycles. The first kappa shape index (κ1) is 24.6. The quantitative estimate of drug-likeness (QED) is 0.215. The Bertz CT molecular complexity index is 684. The number of amides is 2. The Morgan fingerprint density at radius 2 is 1.30 bits per heavy atom. The number of unbranched alkanes of at least 4 members (excludes halogenated alkanes) is 5. The molecule has 30 heavy (non-hydrogen) atoms. The summed E-state index contributed by atoms with van der Waals surface area (Å²) >= 11 is -0.579. The zero-order chi connectivity index (χ0) is 22.4. The Morgan fingerprint density at radius 3 is 1.80 bits per heavy atom. The van der Waals surface area contributed by atoms with Crippen molar-refractivity contribution in [3.8, 4) is 0 Å². The number of benzene rings is 1. The summed E-state index contributed by atoms with van der Waals surface area (Å²) in [5.41, 5.74) is -3.89. The number of carbonyl (C=O) groups excluding carboxylic acids is 2. The van der Waals surface area contributed by atoms with Crippen LogP contribution in [-0.4, -0.2) is 40.2 Å². The van der Waals surface area contributed by atoms with Gasteiger partial charge in [0.1, 0.15) is 0 Å². The SMILES string of the molecule is O=C1c2ccccc2C(=O)N1CCCCCCCC[C@@H](CC(F)(F)F)SC(F)(F)F. The molecule has 2 rings (SSSR count). The van der Waals surface area contributed by atoms with E-state index in [0.717, 1.165) is 12.8 Å². The van der Waals surface area contributed by atoms with Gasteiger partial charge < -0.3 is 0 Å². The summed E-state index contributed by atoms with van der Waals surface area (Å²) in [6, 6.07) is 6.61. The number of imide groups is 1. The van der Waals surface area contributed by atoms with Crippen LogP contribution in [0.1, 0.15) is 72.1 Å². The maximum atomic E-state index is 12.4. The molecule has 0 radical (unpaired) electrons. The summed E-state index contributed by atoms with van der Waals surface area (Å²) in [4.78, 5) is 25.6. The summed E-state index contributed by atoms with van der Waals surface area (Å²) in [7, 11) is 0. The van der Waals surface area contributed by atoms with E-state index in [4.69, 9.17) is 0 Å². The molecule has 10 heteroatoms. The third kappa shape index (κ3) is 7.85. The number of carbonyl (C=O) groups is 2. The number of hydrogen-bond donors (Lipinski definition) is 0. The van der Waals surface area contributed by atoms with E-state index >= 15 is 0 Å². The zero-order valence-electron chi connectivity index (χ0n) is 16.2. The van der Waals surface area contributed by atoms with Crippen molar-refractivity contribution in [3.05, 3.63) is 35.4 Å². The van der Waals surface area contributed by atoms with Gasteiger partial charge in [-0.15, -0.1) is 0 Å². The lowest BCUT2D eigenvalue weighted by Gasteiger charge is -2.19. The van der Waals surface area contributed by atoms with Crippen molar-refractivity contribution >= 4 is 23.6 Å². The Kier molecular flexibility index (Phi) is 8.63. The molecule has 1 heterocycles. The predicted octanol–water partition coefficient (Wildman–Crippen LogP) is 6.59. The Hall–Kier alpha value is -1.71. The largest absolute Gasteiger partial charge is 0.442 e. The number of halogens is 6. The third-order valence-corrected chi connectivity index (χ3v) is 5.80. The van der Waals surface area contributed by atoms with Gasteiger partial charge in [-0.1, -0.05) is 44.2 Å². The van der Waals surface area contributed by atoms with E-state index in [-0.39, 0.29) is 18.2 Å². The van der Waals surface area contributed by atoms with Crippen molar-refractivity contribution < 1.29 is 35.9 Å². The summed E-state index contributed by atoms with van der Waals surface area (Å²) < 4.78 is 74.5. The fourth-order valence-electron chi connectivity index (χ4n) is 3.44. The van der Waals surface area contributed by atoms with E-state index < -0.39 is 35.1 Å². The van der Waals surface area contributed by atoms with Crippen LogP contribution in [-0.2, 0) is 0 Å². The van der Waals surface area contributed by atoms with Crippen molar-refractivity contribution in [2.24, 2.45) is 0 Å². The number of fused-ring (bicyclic) bond motifs is 1. The monoisotopic (exact) mass is 455 g/mol. The molecule has 1 aliphatic heterocycles. The lowest BCUT2D eigenvalue weighted by Crippen LogP contribution is -2.30. The first-order valence-corrected chi connectivity index (χ1v) is 10.6. The van der Waals surface area contributed by atoms with Crippen molar-refractivity contribution in [2.75, 3.05) is 6.54 Å². The van der Waals surface area contributed by atoms with Gasteiger partial charge >= 0.3 is 11.7 Å². The highest BCUT2D eigenvalue weighted by molar-refractivity contribution is 8.00. The van der Waals surface area contributed by atoms with Gasteiger partial charge in [0.15, 0.2) is 0 Å². The molecule has 2 amide bonds. The number of thioether (sulfide) groups is 1. The van der Waals surface area contributed by atoms with Crippen LogP contribution in [0, 0.1) is 0 Å². The second kappa shape index (κ2) is 10.5. The standard InChI is InChI=1S/C20H23F6NO2S/c21-19(22,23)13-14(30-20(24,25)26)9-5-3-1-2-4-8-12-27-17(28)15-10-6-7-11-16(15)18(27)29/h6-7,10-11,14H,1-5,8-9,12-13H2/t14-/m0/s1. The fraction of sp³-hybridized carbons (Fsp3) is 0.600. The number of hydrogen-bond acceptors (Lipinski definition) is 3. The summed E-state index contributed by atoms with van der Waals surface area (Å²) in [6.07, 6.45) is -2.63.